The van der Waals surface area contributed by atoms with Crippen molar-refractivity contribution in [1.82, 2.24) is 5.32 Å². The maximum Gasteiger partial charge on any atom is 0.325 e. The second-order valence-corrected chi connectivity index (χ2v) is 5.88. The van der Waals surface area contributed by atoms with Gasteiger partial charge in [-0.2, -0.15) is 0 Å². The Labute approximate surface area is 124 Å². The number of carbonyl (C=O) groups excluding carboxylic acids is 2. The van der Waals surface area contributed by atoms with E-state index in [4.69, 9.17) is 14.2 Å². The van der Waals surface area contributed by atoms with E-state index < -0.39 is 52.6 Å². The zero-order valence-electron chi connectivity index (χ0n) is 11.4. The van der Waals surface area contributed by atoms with Crippen LogP contribution < -0.4 is 5.32 Å². The van der Waals surface area contributed by atoms with Gasteiger partial charge in [0, 0.05) is 7.11 Å². The van der Waals surface area contributed by atoms with E-state index in [0.717, 1.165) is 6.08 Å². The van der Waals surface area contributed by atoms with E-state index in [0.29, 0.717) is 0 Å². The number of carbonyl (C=O) groups is 2. The predicted molar refractivity (Wildman–Crippen MR) is 69.9 cm³/mol. The zero-order chi connectivity index (χ0) is 15.6. The second-order valence-electron chi connectivity index (χ2n) is 4.75. The molecule has 1 N–H and O–H groups in total. The monoisotopic (exact) mass is 318 g/mol. The lowest BCUT2D eigenvalue weighted by molar-refractivity contribution is -0.156. The van der Waals surface area contributed by atoms with E-state index >= 15 is 0 Å². The number of fused-ring (bicyclic) bond motifs is 2. The fourth-order valence-corrected chi connectivity index (χ4v) is 3.42. The van der Waals surface area contributed by atoms with Crippen molar-refractivity contribution in [2.75, 3.05) is 13.7 Å². The maximum absolute atomic E-state index is 11.7. The highest BCUT2D eigenvalue weighted by Gasteiger charge is 2.57. The highest BCUT2D eigenvalue weighted by molar-refractivity contribution is 7.79. The summed E-state index contributed by atoms with van der Waals surface area (Å²) < 4.78 is 38.1. The van der Waals surface area contributed by atoms with Crippen LogP contribution in [0.2, 0.25) is 0 Å². The molecule has 2 heterocycles. The number of amides is 1. The van der Waals surface area contributed by atoms with Gasteiger partial charge in [-0.05, 0) is 23.6 Å². The van der Waals surface area contributed by atoms with Crippen LogP contribution in [-0.4, -0.2) is 64.0 Å². The molecule has 118 valence electrons. The topological polar surface area (TPSA) is 114 Å². The minimum atomic E-state index is -2.26. The fourth-order valence-electron chi connectivity index (χ4n) is 2.63. The summed E-state index contributed by atoms with van der Waals surface area (Å²) in [7, 11) is 1.40. The normalized spacial score (nSPS) is 35.2. The van der Waals surface area contributed by atoms with Gasteiger partial charge >= 0.3 is 5.97 Å². The summed E-state index contributed by atoms with van der Waals surface area (Å²) >= 11 is -2.26. The molecule has 6 unspecified atom stereocenters. The molecule has 1 amide bonds. The molecule has 6 atom stereocenters. The minimum absolute atomic E-state index is 0.262. The summed E-state index contributed by atoms with van der Waals surface area (Å²) in [5.41, 5.74) is 0. The van der Waals surface area contributed by atoms with Crippen molar-refractivity contribution >= 4 is 23.0 Å². The zero-order valence-corrected chi connectivity index (χ0v) is 12.2. The quantitative estimate of drug-likeness (QED) is 0.365. The van der Waals surface area contributed by atoms with Crippen molar-refractivity contribution in [2.24, 2.45) is 0 Å². The molecule has 8 nitrogen and oxygen atoms in total. The van der Waals surface area contributed by atoms with Gasteiger partial charge in [0.25, 0.3) is 0 Å². The van der Waals surface area contributed by atoms with Crippen LogP contribution >= 0.6 is 0 Å². The largest absolute Gasteiger partial charge is 0.772 e. The molecule has 2 aliphatic rings. The van der Waals surface area contributed by atoms with Crippen LogP contribution in [0.5, 0.6) is 0 Å². The number of rotatable bonds is 6. The molecular weight excluding hydrogens is 302 g/mol. The molecule has 2 aliphatic heterocycles. The highest BCUT2D eigenvalue weighted by atomic mass is 32.2. The second kappa shape index (κ2) is 6.65. The average Bonchev–Trinajstić information content (AvgIpc) is 3.02. The molecule has 21 heavy (non-hydrogen) atoms. The van der Waals surface area contributed by atoms with Crippen molar-refractivity contribution in [3.63, 3.8) is 0 Å². The van der Waals surface area contributed by atoms with Gasteiger partial charge in [-0.25, -0.2) is 0 Å². The third-order valence-corrected chi connectivity index (χ3v) is 4.51. The minimum Gasteiger partial charge on any atom is -0.772 e. The number of ether oxygens (including phenoxy) is 3. The molecular formula is C12H16NO7S-. The molecule has 0 aromatic rings. The molecule has 0 aromatic carbocycles. The molecule has 0 saturated carbocycles. The van der Waals surface area contributed by atoms with Gasteiger partial charge in [0.15, 0.2) is 6.10 Å². The summed E-state index contributed by atoms with van der Waals surface area (Å²) in [4.78, 5) is 22.6. The Morgan fingerprint density at radius 3 is 2.81 bits per heavy atom. The van der Waals surface area contributed by atoms with Gasteiger partial charge in [0.1, 0.15) is 18.8 Å². The number of esters is 1. The van der Waals surface area contributed by atoms with Gasteiger partial charge in [-0.1, -0.05) is 6.58 Å². The van der Waals surface area contributed by atoms with Crippen LogP contribution in [-0.2, 0) is 34.9 Å². The Kier molecular flexibility index (Phi) is 5.09. The molecule has 0 radical (unpaired) electrons. The molecule has 0 spiro atoms. The first-order chi connectivity index (χ1) is 9.97. The Balaban J connectivity index is 1.93. The highest BCUT2D eigenvalue weighted by Crippen LogP contribution is 2.40. The van der Waals surface area contributed by atoms with Crippen molar-refractivity contribution in [3.8, 4) is 0 Å². The molecule has 9 heteroatoms. The number of hydrogen-bond acceptors (Lipinski definition) is 7. The van der Waals surface area contributed by atoms with E-state index in [1.54, 1.807) is 0 Å². The molecule has 2 saturated heterocycles. The van der Waals surface area contributed by atoms with Gasteiger partial charge in [0.05, 0.1) is 11.4 Å². The molecule has 0 aromatic heterocycles. The van der Waals surface area contributed by atoms with Crippen molar-refractivity contribution in [3.05, 3.63) is 12.7 Å². The summed E-state index contributed by atoms with van der Waals surface area (Å²) in [6.07, 6.45) is -1.16. The van der Waals surface area contributed by atoms with Crippen LogP contribution in [0, 0.1) is 0 Å². The van der Waals surface area contributed by atoms with E-state index in [1.807, 2.05) is 0 Å². The predicted octanol–water partition coefficient (Wildman–Crippen LogP) is -1.37. The maximum atomic E-state index is 11.7. The molecule has 0 aliphatic carbocycles. The summed E-state index contributed by atoms with van der Waals surface area (Å²) in [5.74, 6) is -1.13. The summed E-state index contributed by atoms with van der Waals surface area (Å²) in [6.45, 7) is 2.96. The average molecular weight is 318 g/mol. The standard InChI is InChI=1S/C12H17NO7S/c1-3-8(14)13-5-9(15)20-10-6-4-7(21(16)17)11(19-6)12(10)18-2/h3,6-7,10-12H,1,4-5H2,2H3,(H,13,14)(H,16,17)/p-1. The van der Waals surface area contributed by atoms with Crippen LogP contribution in [0.1, 0.15) is 6.42 Å². The Morgan fingerprint density at radius 2 is 2.24 bits per heavy atom. The lowest BCUT2D eigenvalue weighted by Gasteiger charge is -2.32. The fraction of sp³-hybridized carbons (Fsp3) is 0.667. The lowest BCUT2D eigenvalue weighted by Crippen LogP contribution is -2.49. The van der Waals surface area contributed by atoms with Gasteiger partial charge in [-0.3, -0.25) is 13.8 Å². The van der Waals surface area contributed by atoms with Crippen molar-refractivity contribution in [2.45, 2.75) is 36.1 Å². The van der Waals surface area contributed by atoms with Gasteiger partial charge < -0.3 is 24.1 Å². The van der Waals surface area contributed by atoms with Crippen LogP contribution in [0.4, 0.5) is 0 Å². The first-order valence-electron chi connectivity index (χ1n) is 6.34. The smallest absolute Gasteiger partial charge is 0.325 e. The lowest BCUT2D eigenvalue weighted by atomic mass is 9.94. The third kappa shape index (κ3) is 3.31. The van der Waals surface area contributed by atoms with E-state index in [-0.39, 0.29) is 13.0 Å². The Hall–Kier alpha value is -1.29. The number of methoxy groups -OCH3 is 1. The summed E-state index contributed by atoms with van der Waals surface area (Å²) in [5, 5.41) is 1.64. The van der Waals surface area contributed by atoms with Gasteiger partial charge in [-0.15, -0.1) is 0 Å². The van der Waals surface area contributed by atoms with Gasteiger partial charge in [0.2, 0.25) is 5.91 Å². The first kappa shape index (κ1) is 16.1. The molecule has 2 bridgehead atoms. The molecule has 2 fully saturated rings. The Morgan fingerprint density at radius 1 is 1.52 bits per heavy atom. The molecule has 2 rings (SSSR count). The number of nitrogens with one attached hydrogen (secondary N) is 1. The summed E-state index contributed by atoms with van der Waals surface area (Å²) in [6, 6.07) is 0. The van der Waals surface area contributed by atoms with E-state index in [2.05, 4.69) is 11.9 Å². The van der Waals surface area contributed by atoms with Crippen molar-refractivity contribution < 1.29 is 32.6 Å². The van der Waals surface area contributed by atoms with Crippen LogP contribution in [0.25, 0.3) is 0 Å². The van der Waals surface area contributed by atoms with E-state index in [1.165, 1.54) is 7.11 Å². The SMILES string of the molecule is C=CC(=O)NCC(=O)OC1C2CC(S(=O)[O-])C(O2)C1OC. The van der Waals surface area contributed by atoms with Crippen LogP contribution in [0.3, 0.4) is 0 Å². The number of hydrogen-bond donors (Lipinski definition) is 1. The van der Waals surface area contributed by atoms with Crippen molar-refractivity contribution in [1.29, 1.82) is 0 Å². The Bertz CT molecular complexity index is 469. The van der Waals surface area contributed by atoms with Crippen LogP contribution in [0.15, 0.2) is 12.7 Å². The first-order valence-corrected chi connectivity index (χ1v) is 7.47. The van der Waals surface area contributed by atoms with E-state index in [9.17, 15) is 18.4 Å². The third-order valence-electron chi connectivity index (χ3n) is 3.56.